The highest BCUT2D eigenvalue weighted by Gasteiger charge is 2.15. The Kier molecular flexibility index (Phi) is 2.86. The summed E-state index contributed by atoms with van der Waals surface area (Å²) < 4.78 is 16.4. The van der Waals surface area contributed by atoms with Crippen LogP contribution in [-0.4, -0.2) is 14.2 Å². The van der Waals surface area contributed by atoms with Gasteiger partial charge in [0.15, 0.2) is 11.3 Å². The lowest BCUT2D eigenvalue weighted by Crippen LogP contribution is -2.05. The van der Waals surface area contributed by atoms with Gasteiger partial charge in [0.1, 0.15) is 16.7 Å². The zero-order valence-electron chi connectivity index (χ0n) is 11.5. The molecule has 0 saturated heterocycles. The minimum Gasteiger partial charge on any atom is -0.496 e. The first-order valence-electron chi connectivity index (χ1n) is 6.24. The Balaban J connectivity index is 2.57. The number of fused-ring (bicyclic) bond motifs is 2. The van der Waals surface area contributed by atoms with Crippen molar-refractivity contribution >= 4 is 21.9 Å². The highest BCUT2D eigenvalue weighted by Crippen LogP contribution is 2.31. The predicted molar refractivity (Wildman–Crippen MR) is 77.8 cm³/mol. The van der Waals surface area contributed by atoms with Crippen molar-refractivity contribution in [2.24, 2.45) is 0 Å². The Morgan fingerprint density at radius 3 is 2.50 bits per heavy atom. The lowest BCUT2D eigenvalue weighted by molar-refractivity contribution is 0.410. The normalized spacial score (nSPS) is 10.9. The Morgan fingerprint density at radius 1 is 1.05 bits per heavy atom. The van der Waals surface area contributed by atoms with Gasteiger partial charge in [0.05, 0.1) is 19.6 Å². The maximum Gasteiger partial charge on any atom is 0.204 e. The molecule has 0 amide bonds. The van der Waals surface area contributed by atoms with E-state index in [0.29, 0.717) is 33.4 Å². The Labute approximate surface area is 115 Å². The zero-order valence-corrected chi connectivity index (χ0v) is 11.5. The largest absolute Gasteiger partial charge is 0.496 e. The van der Waals surface area contributed by atoms with E-state index in [1.54, 1.807) is 32.4 Å². The third-order valence-corrected chi connectivity index (χ3v) is 3.31. The van der Waals surface area contributed by atoms with Gasteiger partial charge in [0.2, 0.25) is 5.43 Å². The van der Waals surface area contributed by atoms with Crippen LogP contribution in [-0.2, 0) is 0 Å². The van der Waals surface area contributed by atoms with Gasteiger partial charge in [0.25, 0.3) is 0 Å². The molecule has 0 N–H and O–H groups in total. The van der Waals surface area contributed by atoms with E-state index in [1.807, 2.05) is 19.1 Å². The van der Waals surface area contributed by atoms with E-state index in [9.17, 15) is 4.79 Å². The monoisotopic (exact) mass is 270 g/mol. The smallest absolute Gasteiger partial charge is 0.204 e. The van der Waals surface area contributed by atoms with E-state index in [4.69, 9.17) is 13.9 Å². The second kappa shape index (κ2) is 4.56. The first-order chi connectivity index (χ1) is 9.65. The number of benzene rings is 2. The van der Waals surface area contributed by atoms with E-state index < -0.39 is 0 Å². The molecule has 2 aromatic carbocycles. The van der Waals surface area contributed by atoms with E-state index in [-0.39, 0.29) is 5.43 Å². The summed E-state index contributed by atoms with van der Waals surface area (Å²) in [6.45, 7) is 1.92. The number of hydrogen-bond acceptors (Lipinski definition) is 4. The second-order valence-electron chi connectivity index (χ2n) is 4.61. The molecule has 4 nitrogen and oxygen atoms in total. The van der Waals surface area contributed by atoms with Crippen LogP contribution in [0.3, 0.4) is 0 Å². The third kappa shape index (κ3) is 1.72. The summed E-state index contributed by atoms with van der Waals surface area (Å²) in [5.41, 5.74) is 1.81. The molecule has 3 aromatic rings. The van der Waals surface area contributed by atoms with Crippen LogP contribution < -0.4 is 14.9 Å². The molecule has 0 aliphatic rings. The predicted octanol–water partition coefficient (Wildman–Crippen LogP) is 3.27. The molecule has 4 heteroatoms. The molecule has 0 aliphatic heterocycles. The van der Waals surface area contributed by atoms with Crippen molar-refractivity contribution < 1.29 is 13.9 Å². The van der Waals surface area contributed by atoms with Gasteiger partial charge in [0, 0.05) is 0 Å². The van der Waals surface area contributed by atoms with Crippen molar-refractivity contribution in [2.75, 3.05) is 14.2 Å². The Bertz CT molecular complexity index is 862. The van der Waals surface area contributed by atoms with E-state index in [1.165, 1.54) is 0 Å². The lowest BCUT2D eigenvalue weighted by Gasteiger charge is -2.09. The van der Waals surface area contributed by atoms with Gasteiger partial charge in [-0.25, -0.2) is 0 Å². The van der Waals surface area contributed by atoms with Crippen LogP contribution in [0.2, 0.25) is 0 Å². The van der Waals surface area contributed by atoms with Crippen LogP contribution in [0.5, 0.6) is 11.5 Å². The fraction of sp³-hybridized carbons (Fsp3) is 0.188. The average Bonchev–Trinajstić information content (AvgIpc) is 2.45. The average molecular weight is 270 g/mol. The summed E-state index contributed by atoms with van der Waals surface area (Å²) in [5.74, 6) is 1.07. The molecule has 102 valence electrons. The minimum atomic E-state index is -0.114. The topological polar surface area (TPSA) is 48.7 Å². The van der Waals surface area contributed by atoms with Crippen molar-refractivity contribution in [1.29, 1.82) is 0 Å². The molecule has 3 rings (SSSR count). The first-order valence-corrected chi connectivity index (χ1v) is 6.24. The van der Waals surface area contributed by atoms with Gasteiger partial charge >= 0.3 is 0 Å². The molecule has 0 radical (unpaired) electrons. The summed E-state index contributed by atoms with van der Waals surface area (Å²) in [6.07, 6.45) is 0. The number of methoxy groups -OCH3 is 2. The van der Waals surface area contributed by atoms with Gasteiger partial charge in [-0.05, 0) is 36.8 Å². The van der Waals surface area contributed by atoms with Crippen molar-refractivity contribution in [3.63, 3.8) is 0 Å². The van der Waals surface area contributed by atoms with Crippen LogP contribution in [0.15, 0.2) is 39.5 Å². The van der Waals surface area contributed by atoms with Crippen molar-refractivity contribution in [3.05, 3.63) is 46.1 Å². The van der Waals surface area contributed by atoms with Gasteiger partial charge in [-0.15, -0.1) is 0 Å². The molecular weight excluding hydrogens is 256 g/mol. The molecule has 0 aliphatic carbocycles. The molecular formula is C16H14O4. The van der Waals surface area contributed by atoms with Gasteiger partial charge in [-0.1, -0.05) is 6.07 Å². The van der Waals surface area contributed by atoms with E-state index >= 15 is 0 Å². The number of rotatable bonds is 2. The minimum absolute atomic E-state index is 0.114. The van der Waals surface area contributed by atoms with Crippen LogP contribution in [0.1, 0.15) is 5.56 Å². The lowest BCUT2D eigenvalue weighted by atomic mass is 10.1. The quantitative estimate of drug-likeness (QED) is 0.670. The Morgan fingerprint density at radius 2 is 1.80 bits per heavy atom. The molecule has 20 heavy (non-hydrogen) atoms. The highest BCUT2D eigenvalue weighted by atomic mass is 16.5. The number of ether oxygens (including phenoxy) is 2. The third-order valence-electron chi connectivity index (χ3n) is 3.31. The molecule has 0 atom stereocenters. The summed E-state index contributed by atoms with van der Waals surface area (Å²) in [6, 6.07) is 8.91. The SMILES string of the molecule is COc1cccc2c(=O)c3c(OC)cc(C)cc3oc12. The van der Waals surface area contributed by atoms with Crippen LogP contribution >= 0.6 is 0 Å². The molecule has 1 aromatic heterocycles. The van der Waals surface area contributed by atoms with Gasteiger partial charge in [-0.3, -0.25) is 4.79 Å². The van der Waals surface area contributed by atoms with Crippen molar-refractivity contribution in [2.45, 2.75) is 6.92 Å². The molecule has 0 saturated carbocycles. The second-order valence-corrected chi connectivity index (χ2v) is 4.61. The standard InChI is InChI=1S/C16H14O4/c1-9-7-12(19-3)14-13(8-9)20-16-10(15(14)17)5-4-6-11(16)18-2/h4-8H,1-3H3. The van der Waals surface area contributed by atoms with Crippen molar-refractivity contribution in [3.8, 4) is 11.5 Å². The van der Waals surface area contributed by atoms with E-state index in [2.05, 4.69) is 0 Å². The van der Waals surface area contributed by atoms with Crippen LogP contribution in [0.25, 0.3) is 21.9 Å². The van der Waals surface area contributed by atoms with Crippen LogP contribution in [0, 0.1) is 6.92 Å². The molecule has 1 heterocycles. The summed E-state index contributed by atoms with van der Waals surface area (Å²) in [7, 11) is 3.10. The molecule has 0 unspecified atom stereocenters. The molecule has 0 bridgehead atoms. The number of aryl methyl sites for hydroxylation is 1. The molecule has 0 spiro atoms. The van der Waals surface area contributed by atoms with Crippen molar-refractivity contribution in [1.82, 2.24) is 0 Å². The molecule has 0 fully saturated rings. The maximum absolute atomic E-state index is 12.7. The van der Waals surface area contributed by atoms with Gasteiger partial charge < -0.3 is 13.9 Å². The fourth-order valence-electron chi connectivity index (χ4n) is 2.39. The first kappa shape index (κ1) is 12.5. The summed E-state index contributed by atoms with van der Waals surface area (Å²) >= 11 is 0. The zero-order chi connectivity index (χ0) is 14.3. The number of hydrogen-bond donors (Lipinski definition) is 0. The van der Waals surface area contributed by atoms with Crippen LogP contribution in [0.4, 0.5) is 0 Å². The van der Waals surface area contributed by atoms with Gasteiger partial charge in [-0.2, -0.15) is 0 Å². The highest BCUT2D eigenvalue weighted by molar-refractivity contribution is 5.95. The number of para-hydroxylation sites is 1. The summed E-state index contributed by atoms with van der Waals surface area (Å²) in [5, 5.41) is 0.942. The van der Waals surface area contributed by atoms with E-state index in [0.717, 1.165) is 5.56 Å². The Hall–Kier alpha value is -2.49. The summed E-state index contributed by atoms with van der Waals surface area (Å²) in [4.78, 5) is 12.7. The maximum atomic E-state index is 12.7. The fourth-order valence-corrected chi connectivity index (χ4v) is 2.39.